The van der Waals surface area contributed by atoms with Gasteiger partial charge in [-0.05, 0) is 103 Å². The van der Waals surface area contributed by atoms with Crippen LogP contribution < -0.4 is 10.5 Å². The lowest BCUT2D eigenvalue weighted by Gasteiger charge is -2.19. The highest BCUT2D eigenvalue weighted by Crippen LogP contribution is 2.25. The zero-order valence-corrected chi connectivity index (χ0v) is 25.5. The summed E-state index contributed by atoms with van der Waals surface area (Å²) in [7, 11) is 0. The van der Waals surface area contributed by atoms with Crippen molar-refractivity contribution in [2.24, 2.45) is 0 Å². The fraction of sp³-hybridized carbons (Fsp3) is 0.294. The SMILES string of the molecule is Cc1ccc(N)nc1-c1cccc(C(=O)OC(C)(C)C)c1.Cc1ccc[n+]([O-])c1-c1cccc(C(=O)OC(C)(C)C)c1. The summed E-state index contributed by atoms with van der Waals surface area (Å²) >= 11 is 0. The third kappa shape index (κ3) is 8.89. The fourth-order valence-corrected chi connectivity index (χ4v) is 4.04. The number of carbonyl (C=O) groups is 2. The van der Waals surface area contributed by atoms with Gasteiger partial charge in [-0.15, -0.1) is 0 Å². The van der Waals surface area contributed by atoms with Crippen LogP contribution in [0.4, 0.5) is 5.82 Å². The summed E-state index contributed by atoms with van der Waals surface area (Å²) in [6, 6.07) is 21.4. The van der Waals surface area contributed by atoms with E-state index in [0.717, 1.165) is 27.1 Å². The summed E-state index contributed by atoms with van der Waals surface area (Å²) in [4.78, 5) is 28.6. The number of hydrogen-bond acceptors (Lipinski definition) is 7. The van der Waals surface area contributed by atoms with E-state index >= 15 is 0 Å². The number of aryl methyl sites for hydroxylation is 2. The van der Waals surface area contributed by atoms with Crippen LogP contribution in [0.2, 0.25) is 0 Å². The van der Waals surface area contributed by atoms with Crippen molar-refractivity contribution in [1.82, 2.24) is 4.98 Å². The Hall–Kier alpha value is -4.72. The zero-order chi connectivity index (χ0) is 31.2. The number of benzene rings is 2. The van der Waals surface area contributed by atoms with E-state index in [9.17, 15) is 14.8 Å². The average molecular weight is 570 g/mol. The molecular formula is C34H39N3O5. The molecule has 0 fully saturated rings. The second-order valence-corrected chi connectivity index (χ2v) is 11.9. The van der Waals surface area contributed by atoms with Crippen molar-refractivity contribution < 1.29 is 23.8 Å². The van der Waals surface area contributed by atoms with Crippen molar-refractivity contribution in [1.29, 1.82) is 0 Å². The van der Waals surface area contributed by atoms with Crippen molar-refractivity contribution in [3.63, 3.8) is 0 Å². The van der Waals surface area contributed by atoms with E-state index in [-0.39, 0.29) is 5.97 Å². The second-order valence-electron chi connectivity index (χ2n) is 11.9. The first-order chi connectivity index (χ1) is 19.5. The molecule has 8 heteroatoms. The normalized spacial score (nSPS) is 11.2. The van der Waals surface area contributed by atoms with E-state index in [1.165, 1.54) is 6.20 Å². The number of ether oxygens (including phenoxy) is 2. The van der Waals surface area contributed by atoms with Crippen LogP contribution in [0.1, 0.15) is 73.4 Å². The van der Waals surface area contributed by atoms with Crippen LogP contribution in [0.5, 0.6) is 0 Å². The van der Waals surface area contributed by atoms with Gasteiger partial charge in [-0.2, -0.15) is 4.73 Å². The number of hydrogen-bond donors (Lipinski definition) is 1. The molecule has 0 saturated heterocycles. The standard InChI is InChI=1S/C17H20N2O2.C17H19NO3/c1-11-8-9-14(18)19-15(11)12-6-5-7-13(10-12)16(20)21-17(2,3)4;1-12-7-6-10-18(20)15(12)13-8-5-9-14(11-13)16(19)21-17(2,3)4/h5-10H,1-4H3,(H2,18,19);5-11H,1-4H3. The zero-order valence-electron chi connectivity index (χ0n) is 25.5. The van der Waals surface area contributed by atoms with Crippen LogP contribution in [0.3, 0.4) is 0 Å². The predicted octanol–water partition coefficient (Wildman–Crippen LogP) is 6.85. The molecule has 0 radical (unpaired) electrons. The Bertz CT molecular complexity index is 1560. The molecule has 2 N–H and O–H groups in total. The van der Waals surface area contributed by atoms with Crippen molar-refractivity contribution in [3.8, 4) is 22.5 Å². The van der Waals surface area contributed by atoms with Crippen LogP contribution in [-0.4, -0.2) is 28.1 Å². The Balaban J connectivity index is 0.000000230. The number of rotatable bonds is 4. The number of nitrogen functional groups attached to an aromatic ring is 1. The molecular weight excluding hydrogens is 530 g/mol. The van der Waals surface area contributed by atoms with Gasteiger partial charge in [0.1, 0.15) is 17.0 Å². The lowest BCUT2D eigenvalue weighted by atomic mass is 10.0. The highest BCUT2D eigenvalue weighted by atomic mass is 16.6. The van der Waals surface area contributed by atoms with E-state index in [1.807, 2.05) is 85.7 Å². The molecule has 220 valence electrons. The average Bonchev–Trinajstić information content (AvgIpc) is 2.89. The summed E-state index contributed by atoms with van der Waals surface area (Å²) in [5.41, 5.74) is 10.4. The van der Waals surface area contributed by atoms with E-state index in [2.05, 4.69) is 4.98 Å². The van der Waals surface area contributed by atoms with E-state index in [4.69, 9.17) is 15.2 Å². The van der Waals surface area contributed by atoms with Crippen LogP contribution in [0, 0.1) is 19.1 Å². The van der Waals surface area contributed by atoms with Gasteiger partial charge >= 0.3 is 11.9 Å². The first-order valence-electron chi connectivity index (χ1n) is 13.6. The summed E-state index contributed by atoms with van der Waals surface area (Å²) < 4.78 is 11.5. The Morgan fingerprint density at radius 1 is 0.738 bits per heavy atom. The lowest BCUT2D eigenvalue weighted by Crippen LogP contribution is -2.29. The molecule has 0 saturated carbocycles. The largest absolute Gasteiger partial charge is 0.618 e. The van der Waals surface area contributed by atoms with Gasteiger partial charge < -0.3 is 20.4 Å². The minimum Gasteiger partial charge on any atom is -0.618 e. The highest BCUT2D eigenvalue weighted by molar-refractivity contribution is 5.92. The predicted molar refractivity (Wildman–Crippen MR) is 165 cm³/mol. The molecule has 0 amide bonds. The topological polar surface area (TPSA) is 118 Å². The molecule has 0 unspecified atom stereocenters. The fourth-order valence-electron chi connectivity index (χ4n) is 4.04. The van der Waals surface area contributed by atoms with Gasteiger partial charge in [0.15, 0.2) is 6.20 Å². The summed E-state index contributed by atoms with van der Waals surface area (Å²) in [6.45, 7) is 14.8. The molecule has 0 spiro atoms. The van der Waals surface area contributed by atoms with Gasteiger partial charge in [-0.25, -0.2) is 14.6 Å². The van der Waals surface area contributed by atoms with Crippen molar-refractivity contribution in [2.45, 2.75) is 66.6 Å². The first kappa shape index (κ1) is 31.8. The van der Waals surface area contributed by atoms with Gasteiger partial charge in [0.25, 0.3) is 0 Å². The number of nitrogens with two attached hydrogens (primary N) is 1. The summed E-state index contributed by atoms with van der Waals surface area (Å²) in [5, 5.41) is 12.0. The molecule has 0 aliphatic carbocycles. The maximum atomic E-state index is 12.1. The molecule has 4 aromatic rings. The second kappa shape index (κ2) is 12.9. The third-order valence-corrected chi connectivity index (χ3v) is 5.82. The van der Waals surface area contributed by atoms with E-state index in [1.54, 1.807) is 42.5 Å². The third-order valence-electron chi connectivity index (χ3n) is 5.82. The van der Waals surface area contributed by atoms with E-state index in [0.29, 0.717) is 28.2 Å². The molecule has 0 atom stereocenters. The maximum absolute atomic E-state index is 12.1. The van der Waals surface area contributed by atoms with Gasteiger partial charge in [0.05, 0.1) is 16.8 Å². The summed E-state index contributed by atoms with van der Waals surface area (Å²) in [5.74, 6) is -0.278. The highest BCUT2D eigenvalue weighted by Gasteiger charge is 2.20. The number of anilines is 1. The van der Waals surface area contributed by atoms with Gasteiger partial charge in [-0.3, -0.25) is 0 Å². The maximum Gasteiger partial charge on any atom is 0.338 e. The number of esters is 2. The summed E-state index contributed by atoms with van der Waals surface area (Å²) in [6.07, 6.45) is 1.45. The lowest BCUT2D eigenvalue weighted by molar-refractivity contribution is -0.594. The van der Waals surface area contributed by atoms with Crippen LogP contribution >= 0.6 is 0 Å². The molecule has 4 rings (SSSR count). The quantitative estimate of drug-likeness (QED) is 0.162. The molecule has 8 nitrogen and oxygen atoms in total. The van der Waals surface area contributed by atoms with Crippen LogP contribution in [0.15, 0.2) is 79.0 Å². The number of pyridine rings is 2. The molecule has 2 aromatic heterocycles. The minimum absolute atomic E-state index is 0.342. The van der Waals surface area contributed by atoms with Crippen molar-refractivity contribution in [2.75, 3.05) is 5.73 Å². The Labute approximate surface area is 247 Å². The van der Waals surface area contributed by atoms with E-state index < -0.39 is 17.2 Å². The molecule has 42 heavy (non-hydrogen) atoms. The number of nitrogens with zero attached hydrogens (tertiary/aromatic N) is 2. The molecule has 2 heterocycles. The Morgan fingerprint density at radius 3 is 1.79 bits per heavy atom. The monoisotopic (exact) mass is 569 g/mol. The molecule has 0 aliphatic heterocycles. The number of aromatic nitrogens is 2. The Kier molecular flexibility index (Phi) is 9.73. The van der Waals surface area contributed by atoms with Gasteiger partial charge in [0, 0.05) is 22.8 Å². The van der Waals surface area contributed by atoms with Crippen LogP contribution in [0.25, 0.3) is 22.5 Å². The smallest absolute Gasteiger partial charge is 0.338 e. The minimum atomic E-state index is -0.547. The molecule has 2 aromatic carbocycles. The van der Waals surface area contributed by atoms with Crippen molar-refractivity contribution >= 4 is 17.8 Å². The molecule has 0 bridgehead atoms. The van der Waals surface area contributed by atoms with Crippen LogP contribution in [-0.2, 0) is 9.47 Å². The van der Waals surface area contributed by atoms with Crippen molar-refractivity contribution in [3.05, 3.63) is 106 Å². The Morgan fingerprint density at radius 2 is 1.26 bits per heavy atom. The number of carbonyl (C=O) groups excluding carboxylic acids is 2. The van der Waals surface area contributed by atoms with Gasteiger partial charge in [-0.1, -0.05) is 24.3 Å². The first-order valence-corrected chi connectivity index (χ1v) is 13.6. The van der Waals surface area contributed by atoms with Gasteiger partial charge in [0.2, 0.25) is 5.69 Å². The molecule has 0 aliphatic rings.